The lowest BCUT2D eigenvalue weighted by molar-refractivity contribution is 0.251. The number of anilines is 1. The van der Waals surface area contributed by atoms with Crippen molar-refractivity contribution in [2.75, 3.05) is 11.6 Å². The molecular weight excluding hydrogens is 502 g/mol. The topological polar surface area (TPSA) is 114 Å². The van der Waals surface area contributed by atoms with Crippen LogP contribution < -0.4 is 10.6 Å². The van der Waals surface area contributed by atoms with Gasteiger partial charge >= 0.3 is 6.03 Å². The van der Waals surface area contributed by atoms with Gasteiger partial charge in [0.1, 0.15) is 13.9 Å². The van der Waals surface area contributed by atoms with Crippen molar-refractivity contribution >= 4 is 40.8 Å². The maximum absolute atomic E-state index is 12.6. The molecule has 0 radical (unpaired) electrons. The van der Waals surface area contributed by atoms with Gasteiger partial charge in [0.05, 0.1) is 5.39 Å². The zero-order valence-corrected chi connectivity index (χ0v) is 24.3. The molecule has 10 heteroatoms. The lowest BCUT2D eigenvalue weighted by atomic mass is 10.2. The number of aromatic nitrogens is 3. The second-order valence-electron chi connectivity index (χ2n) is 10.2. The minimum atomic E-state index is -3.64. The van der Waals surface area contributed by atoms with Crippen LogP contribution in [0.3, 0.4) is 0 Å². The van der Waals surface area contributed by atoms with Crippen molar-refractivity contribution in [3.8, 4) is 11.5 Å². The highest BCUT2D eigenvalue weighted by Crippen LogP contribution is 2.41. The Morgan fingerprint density at radius 2 is 1.62 bits per heavy atom. The summed E-state index contributed by atoms with van der Waals surface area (Å²) in [5.74, 6) is 3.60. The van der Waals surface area contributed by atoms with Gasteiger partial charge in [-0.15, -0.1) is 5.54 Å². The molecule has 0 aliphatic carbocycles. The van der Waals surface area contributed by atoms with Crippen LogP contribution in [0.25, 0.3) is 11.0 Å². The number of pyridine rings is 1. The molecule has 0 saturated carbocycles. The van der Waals surface area contributed by atoms with Crippen LogP contribution in [0.4, 0.5) is 10.6 Å². The van der Waals surface area contributed by atoms with Gasteiger partial charge in [-0.2, -0.15) is 4.98 Å². The predicted octanol–water partition coefficient (Wildman–Crippen LogP) is 5.32. The molecule has 3 aromatic rings. The number of hydrogen-bond donors (Lipinski definition) is 2. The van der Waals surface area contributed by atoms with E-state index in [0.717, 1.165) is 11.8 Å². The third-order valence-corrected chi connectivity index (χ3v) is 13.8. The Morgan fingerprint density at radius 3 is 2.19 bits per heavy atom. The minimum Gasteiger partial charge on any atom is -0.334 e. The Hall–Kier alpha value is -3.29. The zero-order valence-electron chi connectivity index (χ0n) is 22.5. The van der Waals surface area contributed by atoms with Crippen molar-refractivity contribution in [3.63, 3.8) is 0 Å². The normalized spacial score (nSPS) is 12.1. The first kappa shape index (κ1) is 28.3. The summed E-state index contributed by atoms with van der Waals surface area (Å²) in [6.45, 7) is 13.7. The number of rotatable bonds is 7. The van der Waals surface area contributed by atoms with Crippen molar-refractivity contribution in [1.29, 1.82) is 0 Å². The van der Waals surface area contributed by atoms with Crippen molar-refractivity contribution in [3.05, 3.63) is 53.7 Å². The van der Waals surface area contributed by atoms with Gasteiger partial charge < -0.3 is 5.32 Å². The quantitative estimate of drug-likeness (QED) is 0.240. The largest absolute Gasteiger partial charge is 0.334 e. The summed E-state index contributed by atoms with van der Waals surface area (Å²) >= 11 is 0. The third-order valence-electron chi connectivity index (χ3n) is 6.69. The number of carbonyl (C=O) groups is 1. The summed E-state index contributed by atoms with van der Waals surface area (Å²) in [4.78, 5) is 25.3. The first-order valence-corrected chi connectivity index (χ1v) is 16.5. The molecule has 0 aliphatic rings. The van der Waals surface area contributed by atoms with Gasteiger partial charge in [0.25, 0.3) is 0 Å². The number of hydrogen-bond acceptors (Lipinski definition) is 6. The fourth-order valence-electron chi connectivity index (χ4n) is 4.89. The smallest absolute Gasteiger partial charge is 0.320 e. The molecule has 0 bridgehead atoms. The Bertz CT molecular complexity index is 1420. The van der Waals surface area contributed by atoms with Gasteiger partial charge in [-0.25, -0.2) is 23.2 Å². The number of urea groups is 1. The van der Waals surface area contributed by atoms with Crippen molar-refractivity contribution in [1.82, 2.24) is 20.3 Å². The standard InChI is InChI=1S/C27H35N5O3SSi/c1-18(2)37(19(3)4,20(5)6)14-13-22-15-24(31-26(33)28-16-21-11-9-8-10-12-21)30-25-23(22)17-29-27(32-25)36(7,34)35/h8-12,15,17-20H,16H2,1-7H3,(H2,28,29,30,31,32,33). The number of amides is 2. The van der Waals surface area contributed by atoms with E-state index < -0.39 is 23.9 Å². The molecule has 0 atom stereocenters. The van der Waals surface area contributed by atoms with E-state index in [1.807, 2.05) is 30.3 Å². The fourth-order valence-corrected chi connectivity index (χ4v) is 10.6. The third kappa shape index (κ3) is 6.53. The minimum absolute atomic E-state index is 0.159. The lowest BCUT2D eigenvalue weighted by Gasteiger charge is -2.38. The summed E-state index contributed by atoms with van der Waals surface area (Å²) in [6.07, 6.45) is 2.49. The van der Waals surface area contributed by atoms with Crippen molar-refractivity contribution in [2.24, 2.45) is 0 Å². The zero-order chi connectivity index (χ0) is 27.4. The molecule has 0 saturated heterocycles. The molecule has 37 heavy (non-hydrogen) atoms. The number of nitrogens with zero attached hydrogens (tertiary/aromatic N) is 3. The summed E-state index contributed by atoms with van der Waals surface area (Å²) in [6, 6.07) is 10.8. The van der Waals surface area contributed by atoms with Crippen LogP contribution in [0.15, 0.2) is 47.8 Å². The maximum Gasteiger partial charge on any atom is 0.320 e. The molecule has 2 heterocycles. The number of sulfone groups is 1. The second kappa shape index (κ2) is 11.4. The lowest BCUT2D eigenvalue weighted by Crippen LogP contribution is -2.43. The highest BCUT2D eigenvalue weighted by atomic mass is 32.2. The summed E-state index contributed by atoms with van der Waals surface area (Å²) in [5.41, 5.74) is 6.68. The van der Waals surface area contributed by atoms with Crippen LogP contribution >= 0.6 is 0 Å². The predicted molar refractivity (Wildman–Crippen MR) is 151 cm³/mol. The highest BCUT2D eigenvalue weighted by Gasteiger charge is 2.41. The van der Waals surface area contributed by atoms with Gasteiger partial charge in [0.15, 0.2) is 5.65 Å². The SMILES string of the molecule is CC(C)[Si](C#Cc1cc(NC(=O)NCc2ccccc2)nc2nc(S(C)(=O)=O)ncc12)(C(C)C)C(C)C. The number of carbonyl (C=O) groups excluding carboxylic acids is 1. The Labute approximate surface area is 220 Å². The van der Waals surface area contributed by atoms with Crippen LogP contribution in [-0.4, -0.2) is 43.7 Å². The summed E-state index contributed by atoms with van der Waals surface area (Å²) < 4.78 is 24.1. The number of fused-ring (bicyclic) bond motifs is 1. The molecule has 0 unspecified atom stereocenters. The molecule has 2 N–H and O–H groups in total. The Kier molecular flexibility index (Phi) is 8.71. The van der Waals surface area contributed by atoms with E-state index in [1.54, 1.807) is 6.07 Å². The van der Waals surface area contributed by atoms with Crippen LogP contribution in [0, 0.1) is 11.5 Å². The van der Waals surface area contributed by atoms with E-state index in [0.29, 0.717) is 34.1 Å². The fraction of sp³-hybridized carbons (Fsp3) is 0.407. The Morgan fingerprint density at radius 1 is 1.00 bits per heavy atom. The average molecular weight is 538 g/mol. The molecule has 3 rings (SSSR count). The van der Waals surface area contributed by atoms with Gasteiger partial charge in [0, 0.05) is 24.6 Å². The van der Waals surface area contributed by atoms with Gasteiger partial charge in [-0.1, -0.05) is 77.8 Å². The van der Waals surface area contributed by atoms with Crippen LogP contribution in [0.5, 0.6) is 0 Å². The van der Waals surface area contributed by atoms with Crippen LogP contribution in [0.2, 0.25) is 16.6 Å². The van der Waals surface area contributed by atoms with E-state index in [9.17, 15) is 13.2 Å². The second-order valence-corrected chi connectivity index (χ2v) is 17.6. The van der Waals surface area contributed by atoms with Gasteiger partial charge in [0.2, 0.25) is 15.0 Å². The monoisotopic (exact) mass is 537 g/mol. The maximum atomic E-state index is 12.6. The summed E-state index contributed by atoms with van der Waals surface area (Å²) in [7, 11) is -5.70. The molecule has 0 aliphatic heterocycles. The molecule has 1 aromatic carbocycles. The Balaban J connectivity index is 2.07. The van der Waals surface area contributed by atoms with Crippen LogP contribution in [0.1, 0.15) is 52.7 Å². The van der Waals surface area contributed by atoms with Crippen LogP contribution in [-0.2, 0) is 16.4 Å². The molecule has 2 amide bonds. The highest BCUT2D eigenvalue weighted by molar-refractivity contribution is 7.90. The van der Waals surface area contributed by atoms with Crippen molar-refractivity contribution < 1.29 is 13.2 Å². The molecule has 0 spiro atoms. The molecule has 2 aromatic heterocycles. The molecule has 8 nitrogen and oxygen atoms in total. The van der Waals surface area contributed by atoms with Crippen molar-refractivity contribution in [2.45, 2.75) is 69.9 Å². The van der Waals surface area contributed by atoms with E-state index in [2.05, 4.69) is 78.6 Å². The van der Waals surface area contributed by atoms with E-state index in [1.165, 1.54) is 6.20 Å². The van der Waals surface area contributed by atoms with E-state index in [-0.39, 0.29) is 16.6 Å². The number of nitrogens with one attached hydrogen (secondary N) is 2. The average Bonchev–Trinajstić information content (AvgIpc) is 2.82. The van der Waals surface area contributed by atoms with E-state index >= 15 is 0 Å². The van der Waals surface area contributed by atoms with Gasteiger partial charge in [-0.3, -0.25) is 5.32 Å². The number of benzene rings is 1. The first-order valence-electron chi connectivity index (χ1n) is 12.3. The van der Waals surface area contributed by atoms with E-state index in [4.69, 9.17) is 0 Å². The first-order chi connectivity index (χ1) is 17.3. The molecule has 196 valence electrons. The molecular formula is C27H35N5O3SSi. The van der Waals surface area contributed by atoms with Gasteiger partial charge in [-0.05, 0) is 28.3 Å². The summed E-state index contributed by atoms with van der Waals surface area (Å²) in [5, 5.41) is 5.75. The molecule has 0 fully saturated rings.